The van der Waals surface area contributed by atoms with Gasteiger partial charge < -0.3 is 31.2 Å². The maximum atomic E-state index is 13.3. The van der Waals surface area contributed by atoms with Crippen molar-refractivity contribution in [1.29, 1.82) is 0 Å². The number of aromatic hydroxyl groups is 2. The van der Waals surface area contributed by atoms with E-state index in [1.54, 1.807) is 7.05 Å². The van der Waals surface area contributed by atoms with E-state index in [0.717, 1.165) is 16.2 Å². The second kappa shape index (κ2) is 15.1. The lowest BCUT2D eigenvalue weighted by atomic mass is 10.0. The normalized spacial score (nSPS) is 17.5. The molecule has 3 amide bonds. The summed E-state index contributed by atoms with van der Waals surface area (Å²) in [6.45, 7) is -0.666. The van der Waals surface area contributed by atoms with Crippen LogP contribution in [0.25, 0.3) is 0 Å². The molecule has 0 radical (unpaired) electrons. The number of hydrazone groups is 1. The Balaban J connectivity index is 0.00000500. The number of fused-ring (bicyclic) bond motifs is 1. The van der Waals surface area contributed by atoms with Crippen LogP contribution >= 0.6 is 47.3 Å². The van der Waals surface area contributed by atoms with E-state index in [0.29, 0.717) is 16.3 Å². The lowest BCUT2D eigenvalue weighted by Crippen LogP contribution is -2.71. The Morgan fingerprint density at radius 3 is 2.72 bits per heavy atom. The maximum absolute atomic E-state index is 13.3. The average molecular weight is 726 g/mol. The van der Waals surface area contributed by atoms with Gasteiger partial charge >= 0.3 is 5.97 Å². The molecule has 1 fully saturated rings. The molecule has 3 aromatic rings. The fourth-order valence-electron chi connectivity index (χ4n) is 4.09. The first-order valence-electron chi connectivity index (χ1n) is 12.8. The molecule has 47 heavy (non-hydrogen) atoms. The molecule has 19 nitrogen and oxygen atoms in total. The third kappa shape index (κ3) is 7.90. The van der Waals surface area contributed by atoms with Crippen LogP contribution in [0.2, 0.25) is 0 Å². The largest absolute Gasteiger partial charge is 0.504 e. The first kappa shape index (κ1) is 34.9. The highest BCUT2D eigenvalue weighted by molar-refractivity contribution is 8.01. The number of oxime groups is 1. The summed E-state index contributed by atoms with van der Waals surface area (Å²) in [6, 6.07) is 2.84. The van der Waals surface area contributed by atoms with Gasteiger partial charge in [0.2, 0.25) is 5.16 Å². The lowest BCUT2D eigenvalue weighted by molar-refractivity contribution is -0.150. The minimum Gasteiger partial charge on any atom is -0.504 e. The number of aromatic nitrogens is 5. The van der Waals surface area contributed by atoms with Gasteiger partial charge in [0, 0.05) is 23.9 Å². The van der Waals surface area contributed by atoms with Gasteiger partial charge in [-0.3, -0.25) is 19.3 Å². The zero-order valence-corrected chi connectivity index (χ0v) is 27.1. The number of aliphatic carboxylic acids is 1. The van der Waals surface area contributed by atoms with Crippen LogP contribution in [-0.2, 0) is 31.1 Å². The molecule has 2 aliphatic heterocycles. The SMILES string of the molecule is Cl.Cn1nnnc1SCC1=C(C(=O)O)N2C(=O)C(NC(=O)/C(=N\OCC(=O)N/N=C/c3ccc(O)c(O)c3)c3csc(N)n3)[C@H]2SC1. The summed E-state index contributed by atoms with van der Waals surface area (Å²) in [7, 11) is 1.65. The van der Waals surface area contributed by atoms with E-state index < -0.39 is 41.7 Å². The van der Waals surface area contributed by atoms with Crippen LogP contribution in [0.3, 0.4) is 0 Å². The molecular formula is C24H24ClN11O8S3. The van der Waals surface area contributed by atoms with E-state index in [9.17, 15) is 34.5 Å². The van der Waals surface area contributed by atoms with Gasteiger partial charge in [-0.25, -0.2) is 19.9 Å². The van der Waals surface area contributed by atoms with E-state index in [1.807, 2.05) is 0 Å². The van der Waals surface area contributed by atoms with Gasteiger partial charge in [-0.05, 0) is 39.8 Å². The first-order valence-corrected chi connectivity index (χ1v) is 15.8. The molecule has 1 unspecified atom stereocenters. The Bertz CT molecular complexity index is 1800. The number of nitrogens with zero attached hydrogens (tertiary/aromatic N) is 8. The number of phenols is 2. The van der Waals surface area contributed by atoms with Crippen LogP contribution in [0.15, 0.2) is 50.3 Å². The molecule has 2 atom stereocenters. The second-order valence-corrected chi connectivity index (χ2v) is 12.3. The monoisotopic (exact) mass is 725 g/mol. The van der Waals surface area contributed by atoms with Crippen molar-refractivity contribution in [2.45, 2.75) is 16.6 Å². The van der Waals surface area contributed by atoms with E-state index >= 15 is 0 Å². The van der Waals surface area contributed by atoms with E-state index in [-0.39, 0.29) is 57.6 Å². The quantitative estimate of drug-likeness (QED) is 0.0451. The molecule has 5 rings (SSSR count). The summed E-state index contributed by atoms with van der Waals surface area (Å²) in [4.78, 5) is 61.0. The molecule has 7 N–H and O–H groups in total. The number of nitrogen functional groups attached to an aromatic ring is 1. The number of anilines is 1. The predicted octanol–water partition coefficient (Wildman–Crippen LogP) is -0.516. The number of aryl methyl sites for hydroxylation is 1. The van der Waals surface area contributed by atoms with Crippen molar-refractivity contribution in [3.8, 4) is 11.5 Å². The Kier molecular flexibility index (Phi) is 11.2. The average Bonchev–Trinajstić information content (AvgIpc) is 3.65. The number of nitrogens with one attached hydrogen (secondary N) is 2. The van der Waals surface area contributed by atoms with Crippen LogP contribution in [0, 0.1) is 0 Å². The van der Waals surface area contributed by atoms with Gasteiger partial charge in [0.25, 0.3) is 17.7 Å². The fraction of sp³-hybridized carbons (Fsp3) is 0.250. The highest BCUT2D eigenvalue weighted by atomic mass is 35.5. The number of carbonyl (C=O) groups excluding carboxylic acids is 3. The summed E-state index contributed by atoms with van der Waals surface area (Å²) in [5, 5.41) is 51.3. The number of hydrogen-bond donors (Lipinski definition) is 6. The molecule has 248 valence electrons. The van der Waals surface area contributed by atoms with Gasteiger partial charge in [-0.15, -0.1) is 40.6 Å². The molecule has 0 saturated carbocycles. The summed E-state index contributed by atoms with van der Waals surface area (Å²) < 4.78 is 1.44. The number of hydrogen-bond acceptors (Lipinski definition) is 17. The van der Waals surface area contributed by atoms with Crippen LogP contribution in [0.5, 0.6) is 11.5 Å². The maximum Gasteiger partial charge on any atom is 0.352 e. The molecule has 1 saturated heterocycles. The number of phenolic OH excluding ortho intramolecular Hbond substituents is 2. The van der Waals surface area contributed by atoms with Gasteiger partial charge in [0.1, 0.15) is 22.8 Å². The molecule has 2 aromatic heterocycles. The number of β-lactam (4-membered cyclic amide) rings is 1. The number of nitrogens with two attached hydrogens (primary N) is 1. The minimum atomic E-state index is -1.28. The van der Waals surface area contributed by atoms with E-state index in [2.05, 4.69) is 41.5 Å². The molecule has 2 aliphatic rings. The summed E-state index contributed by atoms with van der Waals surface area (Å²) in [6.07, 6.45) is 1.21. The van der Waals surface area contributed by atoms with E-state index in [4.69, 9.17) is 10.6 Å². The third-order valence-corrected chi connectivity index (χ3v) is 9.34. The molecule has 0 spiro atoms. The number of tetrazole rings is 1. The first-order chi connectivity index (χ1) is 22.0. The predicted molar refractivity (Wildman–Crippen MR) is 171 cm³/mol. The number of halogens is 1. The Morgan fingerprint density at radius 1 is 1.28 bits per heavy atom. The van der Waals surface area contributed by atoms with Crippen molar-refractivity contribution >= 4 is 88.0 Å². The molecule has 4 heterocycles. The van der Waals surface area contributed by atoms with Crippen molar-refractivity contribution < 1.29 is 39.3 Å². The molecular weight excluding hydrogens is 702 g/mol. The van der Waals surface area contributed by atoms with Crippen molar-refractivity contribution in [2.75, 3.05) is 23.8 Å². The number of thioether (sulfide) groups is 2. The molecule has 0 aliphatic carbocycles. The number of carboxylic acids is 1. The second-order valence-electron chi connectivity index (χ2n) is 9.32. The number of rotatable bonds is 12. The van der Waals surface area contributed by atoms with Crippen LogP contribution < -0.4 is 16.5 Å². The Labute approximate surface area is 282 Å². The molecule has 1 aromatic carbocycles. The van der Waals surface area contributed by atoms with Gasteiger partial charge in [-0.1, -0.05) is 16.9 Å². The summed E-state index contributed by atoms with van der Waals surface area (Å²) in [5.74, 6) is -3.71. The zero-order valence-electron chi connectivity index (χ0n) is 23.8. The third-order valence-electron chi connectivity index (χ3n) is 6.23. The summed E-state index contributed by atoms with van der Waals surface area (Å²) in [5.41, 5.74) is 8.25. The van der Waals surface area contributed by atoms with Gasteiger partial charge in [0.15, 0.2) is 28.9 Å². The standard InChI is InChI=1S/C24H23N11O8S3.ClH/c1-34-24(30-32-33-34)46-8-11-7-44-21-17(20(40)35(21)18(11)22(41)42)28-19(39)16(12-9-45-23(25)27-12)31-43-6-15(38)29-26-5-10-2-3-13(36)14(37)4-10;/h2-5,9,17,21,36-37H,6-8H2,1H3,(H2,25,27)(H,28,39)(H,29,38)(H,41,42);1H/b26-5+,31-16-;/t17?,21-;/m1./s1. The molecule has 23 heteroatoms. The minimum absolute atomic E-state index is 0. The van der Waals surface area contributed by atoms with Gasteiger partial charge in [-0.2, -0.15) is 5.10 Å². The van der Waals surface area contributed by atoms with Crippen molar-refractivity contribution in [3.63, 3.8) is 0 Å². The van der Waals surface area contributed by atoms with Crippen molar-refractivity contribution in [2.24, 2.45) is 17.3 Å². The highest BCUT2D eigenvalue weighted by Crippen LogP contribution is 2.41. The lowest BCUT2D eigenvalue weighted by Gasteiger charge is -2.49. The summed E-state index contributed by atoms with van der Waals surface area (Å²) >= 11 is 3.52. The highest BCUT2D eigenvalue weighted by Gasteiger charge is 2.54. The van der Waals surface area contributed by atoms with Crippen LogP contribution in [-0.4, -0.2) is 111 Å². The number of carbonyl (C=O) groups is 4. The number of thiazole rings is 1. The van der Waals surface area contributed by atoms with E-state index in [1.165, 1.54) is 58.0 Å². The number of amides is 3. The molecule has 0 bridgehead atoms. The van der Waals surface area contributed by atoms with Gasteiger partial charge in [0.05, 0.1) is 6.21 Å². The van der Waals surface area contributed by atoms with Crippen molar-refractivity contribution in [3.05, 3.63) is 46.1 Å². The number of benzene rings is 1. The smallest absolute Gasteiger partial charge is 0.352 e. The Morgan fingerprint density at radius 2 is 2.06 bits per heavy atom. The Hall–Kier alpha value is -4.93. The zero-order chi connectivity index (χ0) is 33.0. The number of carboxylic acid groups (broad SMARTS) is 1. The van der Waals surface area contributed by atoms with Crippen LogP contribution in [0.1, 0.15) is 11.3 Å². The topological polar surface area (TPSA) is 273 Å². The fourth-order valence-corrected chi connectivity index (χ4v) is 6.97. The van der Waals surface area contributed by atoms with Crippen LogP contribution in [0.4, 0.5) is 5.13 Å². The van der Waals surface area contributed by atoms with Crippen molar-refractivity contribution in [1.82, 2.24) is 40.8 Å².